The first-order valence-corrected chi connectivity index (χ1v) is 6.66. The van der Waals surface area contributed by atoms with Gasteiger partial charge in [0.1, 0.15) is 0 Å². The normalized spacial score (nSPS) is 25.0. The van der Waals surface area contributed by atoms with E-state index in [2.05, 4.69) is 15.6 Å². The SMILES string of the molecule is CC1CC(F)(F)CN[C@@H]1CNc1ncc(C(F)(F)F)cc1F. The number of aromatic nitrogens is 1. The number of nitrogens with zero attached hydrogens (tertiary/aromatic N) is 1. The fourth-order valence-corrected chi connectivity index (χ4v) is 2.37. The molecule has 0 radical (unpaired) electrons. The molecule has 0 spiro atoms. The Kier molecular flexibility index (Phi) is 4.55. The average Bonchev–Trinajstić information content (AvgIpc) is 2.37. The lowest BCUT2D eigenvalue weighted by molar-refractivity contribution is -0.138. The molecule has 3 nitrogen and oxygen atoms in total. The third-order valence-electron chi connectivity index (χ3n) is 3.59. The maximum atomic E-state index is 13.6. The molecule has 2 N–H and O–H groups in total. The van der Waals surface area contributed by atoms with Crippen LogP contribution >= 0.6 is 0 Å². The molecule has 1 saturated heterocycles. The Morgan fingerprint density at radius 1 is 1.41 bits per heavy atom. The van der Waals surface area contributed by atoms with Crippen molar-refractivity contribution in [1.82, 2.24) is 10.3 Å². The van der Waals surface area contributed by atoms with Gasteiger partial charge in [-0.1, -0.05) is 6.92 Å². The fourth-order valence-electron chi connectivity index (χ4n) is 2.37. The third-order valence-corrected chi connectivity index (χ3v) is 3.59. The summed E-state index contributed by atoms with van der Waals surface area (Å²) >= 11 is 0. The van der Waals surface area contributed by atoms with Crippen LogP contribution in [0.2, 0.25) is 0 Å². The van der Waals surface area contributed by atoms with Gasteiger partial charge in [-0.3, -0.25) is 0 Å². The van der Waals surface area contributed by atoms with Crippen LogP contribution in [-0.4, -0.2) is 30.0 Å². The van der Waals surface area contributed by atoms with E-state index in [1.54, 1.807) is 6.92 Å². The highest BCUT2D eigenvalue weighted by Gasteiger charge is 2.39. The zero-order valence-electron chi connectivity index (χ0n) is 11.6. The molecule has 9 heteroatoms. The van der Waals surface area contributed by atoms with Crippen molar-refractivity contribution in [2.45, 2.75) is 31.5 Å². The molecule has 1 aliphatic heterocycles. The smallest absolute Gasteiger partial charge is 0.366 e. The van der Waals surface area contributed by atoms with Gasteiger partial charge >= 0.3 is 6.18 Å². The van der Waals surface area contributed by atoms with Gasteiger partial charge in [-0.15, -0.1) is 0 Å². The molecule has 2 heterocycles. The molecule has 2 atom stereocenters. The molecule has 0 aliphatic carbocycles. The number of pyridine rings is 1. The fraction of sp³-hybridized carbons (Fsp3) is 0.615. The summed E-state index contributed by atoms with van der Waals surface area (Å²) in [7, 11) is 0. The summed E-state index contributed by atoms with van der Waals surface area (Å²) in [6, 6.07) is 0.00409. The molecule has 1 aromatic heterocycles. The summed E-state index contributed by atoms with van der Waals surface area (Å²) in [6.07, 6.45) is -4.44. The van der Waals surface area contributed by atoms with E-state index in [0.29, 0.717) is 12.3 Å². The lowest BCUT2D eigenvalue weighted by Gasteiger charge is -2.35. The Hall–Kier alpha value is -1.51. The van der Waals surface area contributed by atoms with Crippen molar-refractivity contribution in [3.63, 3.8) is 0 Å². The van der Waals surface area contributed by atoms with Crippen molar-refractivity contribution in [2.75, 3.05) is 18.4 Å². The lowest BCUT2D eigenvalue weighted by atomic mass is 9.90. The number of hydrogen-bond acceptors (Lipinski definition) is 3. The molecule has 2 rings (SSSR count). The van der Waals surface area contributed by atoms with Crippen LogP contribution in [-0.2, 0) is 6.18 Å². The van der Waals surface area contributed by atoms with Crippen LogP contribution in [0.1, 0.15) is 18.9 Å². The van der Waals surface area contributed by atoms with Crippen LogP contribution in [0, 0.1) is 11.7 Å². The van der Waals surface area contributed by atoms with Crippen molar-refractivity contribution < 1.29 is 26.3 Å². The van der Waals surface area contributed by atoms with Crippen LogP contribution in [0.15, 0.2) is 12.3 Å². The van der Waals surface area contributed by atoms with Gasteiger partial charge in [0, 0.05) is 25.2 Å². The molecule has 0 saturated carbocycles. The summed E-state index contributed by atoms with van der Waals surface area (Å²) in [6.45, 7) is 1.24. The van der Waals surface area contributed by atoms with E-state index in [4.69, 9.17) is 0 Å². The average molecular weight is 327 g/mol. The van der Waals surface area contributed by atoms with E-state index in [9.17, 15) is 26.3 Å². The minimum absolute atomic E-state index is 0.0898. The molecule has 1 aliphatic rings. The number of piperidine rings is 1. The summed E-state index contributed by atoms with van der Waals surface area (Å²) in [4.78, 5) is 3.40. The Balaban J connectivity index is 1.98. The molecule has 1 fully saturated rings. The maximum absolute atomic E-state index is 13.6. The topological polar surface area (TPSA) is 37.0 Å². The second kappa shape index (κ2) is 5.94. The molecule has 0 bridgehead atoms. The third kappa shape index (κ3) is 4.02. The van der Waals surface area contributed by atoms with Crippen molar-refractivity contribution in [3.8, 4) is 0 Å². The number of nitrogens with one attached hydrogen (secondary N) is 2. The largest absolute Gasteiger partial charge is 0.417 e. The highest BCUT2D eigenvalue weighted by Crippen LogP contribution is 2.31. The van der Waals surface area contributed by atoms with Crippen LogP contribution in [0.5, 0.6) is 0 Å². The molecule has 0 aromatic carbocycles. The summed E-state index contributed by atoms with van der Waals surface area (Å²) in [5.74, 6) is -4.62. The molecule has 124 valence electrons. The van der Waals surface area contributed by atoms with E-state index in [1.165, 1.54) is 0 Å². The molecule has 22 heavy (non-hydrogen) atoms. The first-order chi connectivity index (χ1) is 10.1. The first-order valence-electron chi connectivity index (χ1n) is 6.66. The molecule has 0 amide bonds. The number of anilines is 1. The van der Waals surface area contributed by atoms with Gasteiger partial charge in [0.2, 0.25) is 0 Å². The van der Waals surface area contributed by atoms with Gasteiger partial charge in [0.05, 0.1) is 12.1 Å². The Labute approximate surface area is 123 Å². The van der Waals surface area contributed by atoms with E-state index in [1.807, 2.05) is 0 Å². The quantitative estimate of drug-likeness (QED) is 0.837. The standard InChI is InChI=1S/C13H15F6N3/c1-7-3-12(15,16)6-22-10(7)5-21-11-9(14)2-8(4-20-11)13(17,18)19/h2,4,7,10,22H,3,5-6H2,1H3,(H,20,21)/t7?,10-/m1/s1. The number of rotatable bonds is 3. The van der Waals surface area contributed by atoms with E-state index in [-0.39, 0.29) is 30.7 Å². The second-order valence-electron chi connectivity index (χ2n) is 5.46. The van der Waals surface area contributed by atoms with Crippen molar-refractivity contribution in [3.05, 3.63) is 23.6 Å². The minimum atomic E-state index is -4.67. The Morgan fingerprint density at radius 3 is 2.64 bits per heavy atom. The number of hydrogen-bond donors (Lipinski definition) is 2. The maximum Gasteiger partial charge on any atom is 0.417 e. The van der Waals surface area contributed by atoms with E-state index in [0.717, 1.165) is 0 Å². The zero-order valence-corrected chi connectivity index (χ0v) is 11.6. The Morgan fingerprint density at radius 2 is 2.09 bits per heavy atom. The van der Waals surface area contributed by atoms with E-state index >= 15 is 0 Å². The molecule has 1 aromatic rings. The van der Waals surface area contributed by atoms with Gasteiger partial charge in [0.15, 0.2) is 11.6 Å². The van der Waals surface area contributed by atoms with Crippen molar-refractivity contribution >= 4 is 5.82 Å². The van der Waals surface area contributed by atoms with Gasteiger partial charge in [-0.05, 0) is 12.0 Å². The monoisotopic (exact) mass is 327 g/mol. The van der Waals surface area contributed by atoms with Crippen molar-refractivity contribution in [1.29, 1.82) is 0 Å². The van der Waals surface area contributed by atoms with Crippen LogP contribution in [0.25, 0.3) is 0 Å². The summed E-state index contributed by atoms with van der Waals surface area (Å²) in [5, 5.41) is 5.20. The predicted molar refractivity (Wildman–Crippen MR) is 68.2 cm³/mol. The van der Waals surface area contributed by atoms with Gasteiger partial charge in [-0.2, -0.15) is 13.2 Å². The van der Waals surface area contributed by atoms with Gasteiger partial charge in [0.25, 0.3) is 5.92 Å². The summed E-state index contributed by atoms with van der Waals surface area (Å²) in [5.41, 5.74) is -1.18. The summed E-state index contributed by atoms with van der Waals surface area (Å²) < 4.78 is 77.1. The second-order valence-corrected chi connectivity index (χ2v) is 5.46. The molecular weight excluding hydrogens is 312 g/mol. The van der Waals surface area contributed by atoms with Crippen LogP contribution < -0.4 is 10.6 Å². The predicted octanol–water partition coefficient (Wildman–Crippen LogP) is 3.28. The molecular formula is C13H15F6N3. The minimum Gasteiger partial charge on any atom is -0.366 e. The zero-order chi connectivity index (χ0) is 16.5. The van der Waals surface area contributed by atoms with Gasteiger partial charge < -0.3 is 10.6 Å². The van der Waals surface area contributed by atoms with E-state index < -0.39 is 30.0 Å². The van der Waals surface area contributed by atoms with Gasteiger partial charge in [-0.25, -0.2) is 18.2 Å². The highest BCUT2D eigenvalue weighted by molar-refractivity contribution is 5.38. The first kappa shape index (κ1) is 16.9. The van der Waals surface area contributed by atoms with Crippen LogP contribution in [0.3, 0.4) is 0 Å². The lowest BCUT2D eigenvalue weighted by Crippen LogP contribution is -2.52. The highest BCUT2D eigenvalue weighted by atomic mass is 19.4. The molecule has 1 unspecified atom stereocenters. The number of alkyl halides is 5. The van der Waals surface area contributed by atoms with Crippen LogP contribution in [0.4, 0.5) is 32.2 Å². The Bertz CT molecular complexity index is 531. The van der Waals surface area contributed by atoms with Crippen molar-refractivity contribution in [2.24, 2.45) is 5.92 Å². The number of halogens is 6.